The fraction of sp³-hybridized carbons (Fsp3) is 0.304. The Kier molecular flexibility index (Phi) is 5.76. The topological polar surface area (TPSA) is 95.6 Å². The van der Waals surface area contributed by atoms with Crippen molar-refractivity contribution in [3.8, 4) is 0 Å². The zero-order chi connectivity index (χ0) is 23.9. The van der Waals surface area contributed by atoms with Gasteiger partial charge in [-0.2, -0.15) is 18.3 Å². The predicted molar refractivity (Wildman–Crippen MR) is 123 cm³/mol. The Morgan fingerprint density at radius 3 is 2.76 bits per heavy atom. The SMILES string of the molecule is O=C(N[C@@H]1CCC[C@H](Nc2cc(C(F)(F)F)nc3ccc(Cl)cc23)C1)c1ccnc2cn[nH]c12. The Morgan fingerprint density at radius 2 is 1.94 bits per heavy atom. The number of aromatic amines is 1. The summed E-state index contributed by atoms with van der Waals surface area (Å²) in [4.78, 5) is 20.8. The summed E-state index contributed by atoms with van der Waals surface area (Å²) in [6, 6.07) is 6.98. The molecule has 0 spiro atoms. The number of H-pyrrole nitrogens is 1. The third kappa shape index (κ3) is 4.50. The zero-order valence-electron chi connectivity index (χ0n) is 17.8. The van der Waals surface area contributed by atoms with Gasteiger partial charge in [0.2, 0.25) is 0 Å². The quantitative estimate of drug-likeness (QED) is 0.361. The lowest BCUT2D eigenvalue weighted by molar-refractivity contribution is -0.140. The number of fused-ring (bicyclic) bond motifs is 2. The smallest absolute Gasteiger partial charge is 0.382 e. The Hall–Kier alpha value is -3.40. The third-order valence-electron chi connectivity index (χ3n) is 6.02. The van der Waals surface area contributed by atoms with Gasteiger partial charge in [-0.15, -0.1) is 0 Å². The number of pyridine rings is 2. The predicted octanol–water partition coefficient (Wildman–Crippen LogP) is 5.33. The molecule has 0 bridgehead atoms. The molecule has 3 heterocycles. The van der Waals surface area contributed by atoms with E-state index in [1.165, 1.54) is 12.1 Å². The first kappa shape index (κ1) is 22.4. The van der Waals surface area contributed by atoms with Crippen LogP contribution in [0.4, 0.5) is 18.9 Å². The average molecular weight is 489 g/mol. The van der Waals surface area contributed by atoms with Crippen molar-refractivity contribution in [2.24, 2.45) is 0 Å². The van der Waals surface area contributed by atoms with Crippen molar-refractivity contribution < 1.29 is 18.0 Å². The van der Waals surface area contributed by atoms with Gasteiger partial charge >= 0.3 is 6.18 Å². The summed E-state index contributed by atoms with van der Waals surface area (Å²) in [6.07, 6.45) is 1.44. The van der Waals surface area contributed by atoms with E-state index in [1.54, 1.807) is 24.5 Å². The molecule has 1 amide bonds. The lowest BCUT2D eigenvalue weighted by Gasteiger charge is -2.31. The molecule has 0 saturated heterocycles. The standard InChI is InChI=1S/C23H20ClF3N6O/c24-12-4-5-17-16(8-12)18(10-20(32-17)23(25,26)27)30-13-2-1-3-14(9-13)31-22(34)15-6-7-28-19-11-29-33-21(15)19/h4-8,10-11,13-14H,1-3,9H2,(H,29,33)(H,30,32)(H,31,34)/t13-,14+/m0/s1. The normalized spacial score (nSPS) is 18.8. The number of rotatable bonds is 4. The molecule has 0 unspecified atom stereocenters. The van der Waals surface area contributed by atoms with E-state index in [0.29, 0.717) is 39.1 Å². The maximum Gasteiger partial charge on any atom is 0.433 e. The highest BCUT2D eigenvalue weighted by molar-refractivity contribution is 6.31. The molecule has 3 aromatic heterocycles. The largest absolute Gasteiger partial charge is 0.433 e. The summed E-state index contributed by atoms with van der Waals surface area (Å²) in [7, 11) is 0. The molecule has 1 aromatic carbocycles. The molecule has 0 radical (unpaired) electrons. The van der Waals surface area contributed by atoms with Crippen molar-refractivity contribution in [3.63, 3.8) is 0 Å². The first-order valence-electron chi connectivity index (χ1n) is 10.8. The molecule has 3 N–H and O–H groups in total. The second-order valence-electron chi connectivity index (χ2n) is 8.38. The van der Waals surface area contributed by atoms with Crippen LogP contribution in [0.25, 0.3) is 21.9 Å². The summed E-state index contributed by atoms with van der Waals surface area (Å²) in [5, 5.41) is 14.0. The van der Waals surface area contributed by atoms with Crippen molar-refractivity contribution in [2.45, 2.75) is 43.9 Å². The van der Waals surface area contributed by atoms with Crippen LogP contribution in [0.15, 0.2) is 42.7 Å². The number of alkyl halides is 3. The fourth-order valence-electron chi connectivity index (χ4n) is 4.44. The number of benzene rings is 1. The molecule has 0 aliphatic heterocycles. The molecule has 176 valence electrons. The van der Waals surface area contributed by atoms with E-state index in [1.807, 2.05) is 0 Å². The van der Waals surface area contributed by atoms with Crippen molar-refractivity contribution in [3.05, 3.63) is 59.0 Å². The number of nitrogens with zero attached hydrogens (tertiary/aromatic N) is 3. The van der Waals surface area contributed by atoms with Crippen molar-refractivity contribution in [1.29, 1.82) is 0 Å². The monoisotopic (exact) mass is 488 g/mol. The summed E-state index contributed by atoms with van der Waals surface area (Å²) in [5.74, 6) is -0.247. The van der Waals surface area contributed by atoms with E-state index < -0.39 is 11.9 Å². The molecule has 2 atom stereocenters. The summed E-state index contributed by atoms with van der Waals surface area (Å²) in [6.45, 7) is 0. The van der Waals surface area contributed by atoms with Gasteiger partial charge in [0.05, 0.1) is 22.8 Å². The van der Waals surface area contributed by atoms with Gasteiger partial charge in [0.1, 0.15) is 11.2 Å². The summed E-state index contributed by atoms with van der Waals surface area (Å²) >= 11 is 6.10. The number of hydrogen-bond acceptors (Lipinski definition) is 5. The Labute approximate surface area is 197 Å². The van der Waals surface area contributed by atoms with Crippen LogP contribution in [0.3, 0.4) is 0 Å². The number of hydrogen-bond donors (Lipinski definition) is 3. The van der Waals surface area contributed by atoms with E-state index in [2.05, 4.69) is 30.8 Å². The molecule has 11 heteroatoms. The molecular weight excluding hydrogens is 469 g/mol. The van der Waals surface area contributed by atoms with Crippen LogP contribution in [0, 0.1) is 0 Å². The van der Waals surface area contributed by atoms with Gasteiger partial charge in [-0.05, 0) is 56.0 Å². The van der Waals surface area contributed by atoms with Gasteiger partial charge in [-0.3, -0.25) is 14.9 Å². The number of halogens is 4. The lowest BCUT2D eigenvalue weighted by Crippen LogP contribution is -2.42. The van der Waals surface area contributed by atoms with Gasteiger partial charge in [-0.1, -0.05) is 11.6 Å². The molecule has 7 nitrogen and oxygen atoms in total. The van der Waals surface area contributed by atoms with E-state index in [4.69, 9.17) is 11.6 Å². The Morgan fingerprint density at radius 1 is 1.12 bits per heavy atom. The first-order chi connectivity index (χ1) is 16.3. The Bertz CT molecular complexity index is 1370. The maximum atomic E-state index is 13.4. The van der Waals surface area contributed by atoms with Crippen LogP contribution in [-0.2, 0) is 6.18 Å². The molecule has 5 rings (SSSR count). The van der Waals surface area contributed by atoms with Gasteiger partial charge in [0.15, 0.2) is 0 Å². The second kappa shape index (κ2) is 8.75. The van der Waals surface area contributed by atoms with Crippen LogP contribution in [0.5, 0.6) is 0 Å². The van der Waals surface area contributed by atoms with Gasteiger partial charge in [-0.25, -0.2) is 4.98 Å². The van der Waals surface area contributed by atoms with Crippen molar-refractivity contribution in [2.75, 3.05) is 5.32 Å². The maximum absolute atomic E-state index is 13.4. The summed E-state index contributed by atoms with van der Waals surface area (Å²) < 4.78 is 40.3. The number of anilines is 1. The van der Waals surface area contributed by atoms with E-state index in [9.17, 15) is 18.0 Å². The number of nitrogens with one attached hydrogen (secondary N) is 3. The minimum Gasteiger partial charge on any atom is -0.382 e. The Balaban J connectivity index is 1.36. The van der Waals surface area contributed by atoms with Gasteiger partial charge in [0.25, 0.3) is 5.91 Å². The van der Waals surface area contributed by atoms with Crippen LogP contribution >= 0.6 is 11.6 Å². The van der Waals surface area contributed by atoms with Gasteiger partial charge < -0.3 is 10.6 Å². The molecular formula is C23H20ClF3N6O. The molecule has 1 aliphatic rings. The van der Waals surface area contributed by atoms with Crippen molar-refractivity contribution >= 4 is 45.1 Å². The van der Waals surface area contributed by atoms with Crippen LogP contribution in [0.1, 0.15) is 41.7 Å². The van der Waals surface area contributed by atoms with Gasteiger partial charge in [0, 0.05) is 34.4 Å². The minimum atomic E-state index is -4.57. The summed E-state index contributed by atoms with van der Waals surface area (Å²) in [5.41, 5.74) is 1.17. The minimum absolute atomic E-state index is 0.130. The van der Waals surface area contributed by atoms with Crippen LogP contribution < -0.4 is 10.6 Å². The second-order valence-corrected chi connectivity index (χ2v) is 8.82. The van der Waals surface area contributed by atoms with Crippen LogP contribution in [-0.4, -0.2) is 38.2 Å². The number of carbonyl (C=O) groups excluding carboxylic acids is 1. The highest BCUT2D eigenvalue weighted by Gasteiger charge is 2.34. The zero-order valence-corrected chi connectivity index (χ0v) is 18.5. The third-order valence-corrected chi connectivity index (χ3v) is 6.25. The first-order valence-corrected chi connectivity index (χ1v) is 11.2. The molecule has 1 saturated carbocycles. The average Bonchev–Trinajstić information content (AvgIpc) is 3.28. The lowest BCUT2D eigenvalue weighted by atomic mass is 9.90. The molecule has 1 aliphatic carbocycles. The molecule has 4 aromatic rings. The van der Waals surface area contributed by atoms with E-state index >= 15 is 0 Å². The molecule has 34 heavy (non-hydrogen) atoms. The van der Waals surface area contributed by atoms with E-state index in [0.717, 1.165) is 25.3 Å². The molecule has 1 fully saturated rings. The van der Waals surface area contributed by atoms with Crippen LogP contribution in [0.2, 0.25) is 5.02 Å². The number of carbonyl (C=O) groups is 1. The van der Waals surface area contributed by atoms with Crippen molar-refractivity contribution in [1.82, 2.24) is 25.5 Å². The number of amides is 1. The van der Waals surface area contributed by atoms with E-state index in [-0.39, 0.29) is 23.5 Å². The highest BCUT2D eigenvalue weighted by atomic mass is 35.5. The highest BCUT2D eigenvalue weighted by Crippen LogP contribution is 2.35. The number of aromatic nitrogens is 4. The fourth-order valence-corrected chi connectivity index (χ4v) is 4.61.